The van der Waals surface area contributed by atoms with Gasteiger partial charge in [-0.3, -0.25) is 20.1 Å². The van der Waals surface area contributed by atoms with E-state index in [1.165, 1.54) is 12.1 Å². The molecule has 37 heavy (non-hydrogen) atoms. The second-order valence-corrected chi connectivity index (χ2v) is 10.7. The first-order valence-electron chi connectivity index (χ1n) is 13.4. The second-order valence-electron chi connectivity index (χ2n) is 10.7. The van der Waals surface area contributed by atoms with Crippen molar-refractivity contribution in [2.45, 2.75) is 82.8 Å². The molecule has 6 nitrogen and oxygen atoms in total. The van der Waals surface area contributed by atoms with Gasteiger partial charge in [-0.2, -0.15) is 0 Å². The molecule has 1 N–H and O–H groups in total. The van der Waals surface area contributed by atoms with E-state index in [0.717, 1.165) is 43.8 Å². The Balaban J connectivity index is 1.40. The Labute approximate surface area is 217 Å². The van der Waals surface area contributed by atoms with Crippen LogP contribution >= 0.6 is 0 Å². The van der Waals surface area contributed by atoms with Crippen LogP contribution in [0.25, 0.3) is 0 Å². The molecule has 0 bridgehead atoms. The van der Waals surface area contributed by atoms with Gasteiger partial charge >= 0.3 is 6.03 Å². The lowest BCUT2D eigenvalue weighted by molar-refractivity contribution is 0.182. The van der Waals surface area contributed by atoms with Crippen LogP contribution in [0.1, 0.15) is 57.9 Å². The molecule has 2 amide bonds. The number of hydrogen-bond acceptors (Lipinski definition) is 4. The van der Waals surface area contributed by atoms with Gasteiger partial charge in [-0.15, -0.1) is 0 Å². The molecule has 2 saturated heterocycles. The van der Waals surface area contributed by atoms with Gasteiger partial charge in [-0.1, -0.05) is 31.0 Å². The predicted molar refractivity (Wildman–Crippen MR) is 141 cm³/mol. The number of aliphatic imine (C=N–C) groups is 1. The zero-order chi connectivity index (χ0) is 26.0. The number of likely N-dealkylation sites (tertiary alicyclic amines) is 1. The quantitative estimate of drug-likeness (QED) is 0.530. The smallest absolute Gasteiger partial charge is 0.328 e. The standard InChI is InChI=1S/C29H36F2N4O2/c1-20(2)37-24-10-5-7-21(17-24)19-34-15-13-29(14-16-34)27(32-26-12-4-3-11-25(26)31)33-28(36)35(29)23-9-6-8-22(30)18-23/h5-10,17-18,20,25-26H,3-4,11-16,19H2,1-2H3,(H,32,33,36)/t25-,26-/m1/s1. The van der Waals surface area contributed by atoms with E-state index in [-0.39, 0.29) is 12.1 Å². The minimum atomic E-state index is -1.00. The minimum absolute atomic E-state index is 0.108. The zero-order valence-corrected chi connectivity index (χ0v) is 21.6. The summed E-state index contributed by atoms with van der Waals surface area (Å²) in [6.45, 7) is 6.22. The fraction of sp³-hybridized carbons (Fsp3) is 0.517. The van der Waals surface area contributed by atoms with Gasteiger partial charge in [-0.25, -0.2) is 13.6 Å². The Morgan fingerprint density at radius 3 is 2.59 bits per heavy atom. The van der Waals surface area contributed by atoms with Crippen LogP contribution in [0.2, 0.25) is 0 Å². The van der Waals surface area contributed by atoms with Crippen LogP contribution in [0.3, 0.4) is 0 Å². The first-order chi connectivity index (χ1) is 17.8. The van der Waals surface area contributed by atoms with Crippen LogP contribution < -0.4 is 15.0 Å². The van der Waals surface area contributed by atoms with E-state index < -0.39 is 23.6 Å². The lowest BCUT2D eigenvalue weighted by Crippen LogP contribution is -2.57. The summed E-state index contributed by atoms with van der Waals surface area (Å²) in [5.74, 6) is 0.984. The molecule has 198 valence electrons. The minimum Gasteiger partial charge on any atom is -0.491 e. The van der Waals surface area contributed by atoms with Gasteiger partial charge in [0.1, 0.15) is 29.1 Å². The van der Waals surface area contributed by atoms with Crippen molar-refractivity contribution < 1.29 is 18.3 Å². The molecular formula is C29H36F2N4O2. The average Bonchev–Trinajstić information content (AvgIpc) is 3.12. The Kier molecular flexibility index (Phi) is 7.47. The third-order valence-electron chi connectivity index (χ3n) is 7.67. The van der Waals surface area contributed by atoms with Gasteiger partial charge in [-0.05, 0) is 75.4 Å². The molecular weight excluding hydrogens is 474 g/mol. The van der Waals surface area contributed by atoms with Crippen LogP contribution in [-0.4, -0.2) is 53.7 Å². The molecule has 5 rings (SSSR count). The highest BCUT2D eigenvalue weighted by Crippen LogP contribution is 2.39. The molecule has 8 heteroatoms. The molecule has 0 radical (unpaired) electrons. The van der Waals surface area contributed by atoms with E-state index in [1.807, 2.05) is 26.0 Å². The molecule has 3 aliphatic rings. The van der Waals surface area contributed by atoms with Gasteiger partial charge in [0.2, 0.25) is 0 Å². The van der Waals surface area contributed by atoms with Gasteiger partial charge < -0.3 is 4.74 Å². The second kappa shape index (κ2) is 10.8. The number of ether oxygens (including phenoxy) is 1. The van der Waals surface area contributed by atoms with Crippen molar-refractivity contribution in [2.24, 2.45) is 4.99 Å². The van der Waals surface area contributed by atoms with Crippen LogP contribution in [-0.2, 0) is 6.54 Å². The summed E-state index contributed by atoms with van der Waals surface area (Å²) < 4.78 is 34.8. The van der Waals surface area contributed by atoms with Gasteiger partial charge in [0.05, 0.1) is 12.1 Å². The number of amidine groups is 1. The number of nitrogens with zero attached hydrogens (tertiary/aromatic N) is 3. The fourth-order valence-electron chi connectivity index (χ4n) is 5.87. The normalized spacial score (nSPS) is 25.2. The maximum absolute atomic E-state index is 14.7. The molecule has 0 unspecified atom stereocenters. The Hall–Kier alpha value is -3.00. The maximum atomic E-state index is 14.7. The molecule has 2 aromatic rings. The molecule has 1 spiro atoms. The number of amides is 2. The molecule has 2 heterocycles. The number of rotatable bonds is 6. The number of alkyl halides is 1. The number of piperidine rings is 1. The Morgan fingerprint density at radius 1 is 1.11 bits per heavy atom. The fourth-order valence-corrected chi connectivity index (χ4v) is 5.87. The molecule has 2 aliphatic heterocycles. The van der Waals surface area contributed by atoms with E-state index in [2.05, 4.69) is 22.3 Å². The lowest BCUT2D eigenvalue weighted by Gasteiger charge is -2.44. The third kappa shape index (κ3) is 5.49. The molecule has 0 aromatic heterocycles. The van der Waals surface area contributed by atoms with E-state index in [1.54, 1.807) is 17.0 Å². The van der Waals surface area contributed by atoms with Crippen molar-refractivity contribution in [3.63, 3.8) is 0 Å². The number of halogens is 2. The van der Waals surface area contributed by atoms with E-state index in [4.69, 9.17) is 9.73 Å². The van der Waals surface area contributed by atoms with E-state index in [0.29, 0.717) is 37.2 Å². The number of anilines is 1. The summed E-state index contributed by atoms with van der Waals surface area (Å²) in [4.78, 5) is 22.1. The van der Waals surface area contributed by atoms with Crippen molar-refractivity contribution >= 4 is 17.6 Å². The van der Waals surface area contributed by atoms with Crippen molar-refractivity contribution in [3.05, 3.63) is 59.9 Å². The number of hydrogen-bond donors (Lipinski definition) is 1. The largest absolute Gasteiger partial charge is 0.491 e. The van der Waals surface area contributed by atoms with E-state index in [9.17, 15) is 13.6 Å². The van der Waals surface area contributed by atoms with Crippen LogP contribution in [0, 0.1) is 5.82 Å². The summed E-state index contributed by atoms with van der Waals surface area (Å²) >= 11 is 0. The predicted octanol–water partition coefficient (Wildman–Crippen LogP) is 5.86. The monoisotopic (exact) mass is 510 g/mol. The number of urea groups is 1. The summed E-state index contributed by atoms with van der Waals surface area (Å²) in [7, 11) is 0. The Morgan fingerprint density at radius 2 is 1.86 bits per heavy atom. The molecule has 2 atom stereocenters. The topological polar surface area (TPSA) is 57.2 Å². The van der Waals surface area contributed by atoms with Crippen LogP contribution in [0.4, 0.5) is 19.3 Å². The van der Waals surface area contributed by atoms with Crippen LogP contribution in [0.15, 0.2) is 53.5 Å². The number of nitrogens with one attached hydrogen (secondary N) is 1. The zero-order valence-electron chi connectivity index (χ0n) is 21.6. The number of benzene rings is 2. The molecule has 3 fully saturated rings. The number of carbonyl (C=O) groups is 1. The first kappa shape index (κ1) is 25.6. The average molecular weight is 511 g/mol. The summed E-state index contributed by atoms with van der Waals surface area (Å²) in [5, 5.41) is 2.95. The molecule has 2 aromatic carbocycles. The highest BCUT2D eigenvalue weighted by molar-refractivity contribution is 6.19. The summed E-state index contributed by atoms with van der Waals surface area (Å²) in [6.07, 6.45) is 3.33. The van der Waals surface area contributed by atoms with Crippen molar-refractivity contribution in [2.75, 3.05) is 18.0 Å². The van der Waals surface area contributed by atoms with Crippen molar-refractivity contribution in [1.29, 1.82) is 0 Å². The molecule has 1 aliphatic carbocycles. The van der Waals surface area contributed by atoms with Gasteiger partial charge in [0.25, 0.3) is 0 Å². The van der Waals surface area contributed by atoms with E-state index >= 15 is 0 Å². The summed E-state index contributed by atoms with van der Waals surface area (Å²) in [6, 6.07) is 13.5. The van der Waals surface area contributed by atoms with Crippen molar-refractivity contribution in [3.8, 4) is 5.75 Å². The molecule has 1 saturated carbocycles. The van der Waals surface area contributed by atoms with Crippen LogP contribution in [0.5, 0.6) is 5.75 Å². The Bertz CT molecular complexity index is 1150. The number of carbonyl (C=O) groups excluding carboxylic acids is 1. The third-order valence-corrected chi connectivity index (χ3v) is 7.67. The van der Waals surface area contributed by atoms with Gasteiger partial charge in [0, 0.05) is 25.3 Å². The summed E-state index contributed by atoms with van der Waals surface area (Å²) in [5.41, 5.74) is 0.907. The first-order valence-corrected chi connectivity index (χ1v) is 13.4. The van der Waals surface area contributed by atoms with Crippen molar-refractivity contribution in [1.82, 2.24) is 10.2 Å². The maximum Gasteiger partial charge on any atom is 0.328 e. The van der Waals surface area contributed by atoms with Gasteiger partial charge in [0.15, 0.2) is 0 Å². The lowest BCUT2D eigenvalue weighted by atomic mass is 9.84. The SMILES string of the molecule is CC(C)Oc1cccc(CN2CCC3(CC2)C(=N[C@@H]2CCCC[C@H]2F)NC(=O)N3c2cccc(F)c2)c1. The highest BCUT2D eigenvalue weighted by atomic mass is 19.1. The highest BCUT2D eigenvalue weighted by Gasteiger charge is 2.53.